The van der Waals surface area contributed by atoms with E-state index in [2.05, 4.69) is 71.4 Å². The molecule has 0 heterocycles. The van der Waals surface area contributed by atoms with Crippen molar-refractivity contribution >= 4 is 38.3 Å². The van der Waals surface area contributed by atoms with E-state index >= 15 is 0 Å². The van der Waals surface area contributed by atoms with Gasteiger partial charge in [-0.2, -0.15) is 0 Å². The standard InChI is InChI=1S/C19H16BrCl/c1-13-16(10-5-11-19(13)21)18(20)12-15-8-4-7-14-6-2-3-9-17(14)15/h2-11,18H,12H2,1H3. The zero-order chi connectivity index (χ0) is 14.8. The maximum Gasteiger partial charge on any atom is 0.0438 e. The number of hydrogen-bond donors (Lipinski definition) is 0. The van der Waals surface area contributed by atoms with E-state index in [4.69, 9.17) is 11.6 Å². The Balaban J connectivity index is 1.97. The first kappa shape index (κ1) is 14.6. The fourth-order valence-electron chi connectivity index (χ4n) is 2.74. The van der Waals surface area contributed by atoms with E-state index in [1.165, 1.54) is 21.9 Å². The highest BCUT2D eigenvalue weighted by Crippen LogP contribution is 2.34. The fourth-order valence-corrected chi connectivity index (χ4v) is 3.76. The lowest BCUT2D eigenvalue weighted by molar-refractivity contribution is 0.946. The van der Waals surface area contributed by atoms with Crippen LogP contribution >= 0.6 is 27.5 Å². The second-order valence-electron chi connectivity index (χ2n) is 5.26. The minimum Gasteiger partial charge on any atom is -0.0840 e. The topological polar surface area (TPSA) is 0 Å². The summed E-state index contributed by atoms with van der Waals surface area (Å²) in [5.74, 6) is 0. The molecule has 0 radical (unpaired) electrons. The van der Waals surface area contributed by atoms with Crippen LogP contribution in [0.5, 0.6) is 0 Å². The van der Waals surface area contributed by atoms with Crippen molar-refractivity contribution in [3.05, 3.63) is 82.4 Å². The molecule has 0 aliphatic rings. The molecule has 21 heavy (non-hydrogen) atoms. The Morgan fingerprint density at radius 2 is 1.67 bits per heavy atom. The molecule has 0 nitrogen and oxygen atoms in total. The molecule has 0 spiro atoms. The zero-order valence-corrected chi connectivity index (χ0v) is 14.2. The predicted octanol–water partition coefficient (Wildman–Crippen LogP) is 6.48. The average molecular weight is 360 g/mol. The van der Waals surface area contributed by atoms with Crippen LogP contribution in [-0.2, 0) is 6.42 Å². The number of hydrogen-bond acceptors (Lipinski definition) is 0. The van der Waals surface area contributed by atoms with Crippen LogP contribution in [0.15, 0.2) is 60.7 Å². The van der Waals surface area contributed by atoms with Gasteiger partial charge in [-0.3, -0.25) is 0 Å². The summed E-state index contributed by atoms with van der Waals surface area (Å²) in [6.07, 6.45) is 0.947. The van der Waals surface area contributed by atoms with Crippen molar-refractivity contribution in [3.63, 3.8) is 0 Å². The molecule has 0 saturated carbocycles. The third kappa shape index (κ3) is 3.00. The molecule has 0 N–H and O–H groups in total. The molecule has 1 atom stereocenters. The largest absolute Gasteiger partial charge is 0.0840 e. The SMILES string of the molecule is Cc1c(Cl)cccc1C(Br)Cc1cccc2ccccc12. The van der Waals surface area contributed by atoms with Crippen molar-refractivity contribution in [2.45, 2.75) is 18.2 Å². The van der Waals surface area contributed by atoms with Gasteiger partial charge in [0.05, 0.1) is 0 Å². The second kappa shape index (κ2) is 6.21. The summed E-state index contributed by atoms with van der Waals surface area (Å²) in [5.41, 5.74) is 3.77. The highest BCUT2D eigenvalue weighted by Gasteiger charge is 2.14. The Hall–Kier alpha value is -1.31. The first-order valence-electron chi connectivity index (χ1n) is 7.02. The maximum atomic E-state index is 6.24. The predicted molar refractivity (Wildman–Crippen MR) is 95.5 cm³/mol. The summed E-state index contributed by atoms with van der Waals surface area (Å²) in [6, 6.07) is 21.1. The van der Waals surface area contributed by atoms with Gasteiger partial charge in [-0.1, -0.05) is 82.1 Å². The minimum absolute atomic E-state index is 0.266. The van der Waals surface area contributed by atoms with Crippen molar-refractivity contribution in [2.75, 3.05) is 0 Å². The lowest BCUT2D eigenvalue weighted by Gasteiger charge is -2.15. The average Bonchev–Trinajstić information content (AvgIpc) is 2.50. The fraction of sp³-hybridized carbons (Fsp3) is 0.158. The van der Waals surface area contributed by atoms with Crippen LogP contribution in [0.3, 0.4) is 0 Å². The van der Waals surface area contributed by atoms with Gasteiger partial charge in [-0.25, -0.2) is 0 Å². The molecular formula is C19H16BrCl. The van der Waals surface area contributed by atoms with E-state index in [1.807, 2.05) is 12.1 Å². The molecule has 3 aromatic carbocycles. The molecule has 3 rings (SSSR count). The molecule has 106 valence electrons. The molecule has 0 saturated heterocycles. The molecule has 2 heteroatoms. The van der Waals surface area contributed by atoms with Crippen LogP contribution in [0.1, 0.15) is 21.5 Å². The Bertz CT molecular complexity index is 774. The molecule has 0 aromatic heterocycles. The van der Waals surface area contributed by atoms with Crippen molar-refractivity contribution in [1.82, 2.24) is 0 Å². The van der Waals surface area contributed by atoms with Gasteiger partial charge in [0.1, 0.15) is 0 Å². The van der Waals surface area contributed by atoms with E-state index in [9.17, 15) is 0 Å². The van der Waals surface area contributed by atoms with Crippen molar-refractivity contribution in [2.24, 2.45) is 0 Å². The second-order valence-corrected chi connectivity index (χ2v) is 6.78. The van der Waals surface area contributed by atoms with Crippen LogP contribution in [0.2, 0.25) is 5.02 Å². The number of fused-ring (bicyclic) bond motifs is 1. The Labute approximate surface area is 138 Å². The first-order valence-corrected chi connectivity index (χ1v) is 8.32. The Morgan fingerprint density at radius 3 is 2.52 bits per heavy atom. The lowest BCUT2D eigenvalue weighted by Crippen LogP contribution is -1.99. The normalized spacial score (nSPS) is 12.5. The highest BCUT2D eigenvalue weighted by molar-refractivity contribution is 9.09. The van der Waals surface area contributed by atoms with Crippen LogP contribution in [0.4, 0.5) is 0 Å². The molecule has 0 aliphatic carbocycles. The van der Waals surface area contributed by atoms with Gasteiger partial charge in [0, 0.05) is 9.85 Å². The van der Waals surface area contributed by atoms with Crippen LogP contribution in [0.25, 0.3) is 10.8 Å². The van der Waals surface area contributed by atoms with Gasteiger partial charge in [0.25, 0.3) is 0 Å². The Kier molecular flexibility index (Phi) is 4.32. The quantitative estimate of drug-likeness (QED) is 0.469. The van der Waals surface area contributed by atoms with Gasteiger partial charge in [0.2, 0.25) is 0 Å². The van der Waals surface area contributed by atoms with Crippen molar-refractivity contribution in [1.29, 1.82) is 0 Å². The van der Waals surface area contributed by atoms with Gasteiger partial charge in [0.15, 0.2) is 0 Å². The first-order chi connectivity index (χ1) is 10.2. The molecule has 0 amide bonds. The molecular weight excluding hydrogens is 344 g/mol. The van der Waals surface area contributed by atoms with Gasteiger partial charge >= 0.3 is 0 Å². The summed E-state index contributed by atoms with van der Waals surface area (Å²) in [5, 5.41) is 3.44. The van der Waals surface area contributed by atoms with E-state index in [0.717, 1.165) is 17.0 Å². The number of rotatable bonds is 3. The van der Waals surface area contributed by atoms with Crippen LogP contribution in [-0.4, -0.2) is 0 Å². The summed E-state index contributed by atoms with van der Waals surface area (Å²) in [4.78, 5) is 0.266. The van der Waals surface area contributed by atoms with E-state index in [0.29, 0.717) is 0 Å². The summed E-state index contributed by atoms with van der Waals surface area (Å²) in [7, 11) is 0. The lowest BCUT2D eigenvalue weighted by atomic mass is 9.97. The Morgan fingerprint density at radius 1 is 0.952 bits per heavy atom. The maximum absolute atomic E-state index is 6.24. The van der Waals surface area contributed by atoms with Crippen molar-refractivity contribution < 1.29 is 0 Å². The van der Waals surface area contributed by atoms with Crippen LogP contribution < -0.4 is 0 Å². The van der Waals surface area contributed by atoms with Gasteiger partial charge in [-0.05, 0) is 46.9 Å². The van der Waals surface area contributed by atoms with Crippen molar-refractivity contribution in [3.8, 4) is 0 Å². The molecule has 0 aliphatic heterocycles. The smallest absolute Gasteiger partial charge is 0.0438 e. The summed E-state index contributed by atoms with van der Waals surface area (Å²) >= 11 is 10.1. The number of halogens is 2. The summed E-state index contributed by atoms with van der Waals surface area (Å²) in [6.45, 7) is 2.08. The monoisotopic (exact) mass is 358 g/mol. The van der Waals surface area contributed by atoms with E-state index in [1.54, 1.807) is 0 Å². The number of benzene rings is 3. The van der Waals surface area contributed by atoms with E-state index in [-0.39, 0.29) is 4.83 Å². The van der Waals surface area contributed by atoms with Gasteiger partial charge < -0.3 is 0 Å². The molecule has 0 fully saturated rings. The van der Waals surface area contributed by atoms with Crippen LogP contribution in [0, 0.1) is 6.92 Å². The zero-order valence-electron chi connectivity index (χ0n) is 11.8. The van der Waals surface area contributed by atoms with Gasteiger partial charge in [-0.15, -0.1) is 0 Å². The molecule has 3 aromatic rings. The number of alkyl halides is 1. The third-order valence-electron chi connectivity index (χ3n) is 3.93. The molecule has 0 bridgehead atoms. The third-order valence-corrected chi connectivity index (χ3v) is 5.15. The van der Waals surface area contributed by atoms with E-state index < -0.39 is 0 Å². The molecule has 1 unspecified atom stereocenters. The highest BCUT2D eigenvalue weighted by atomic mass is 79.9. The summed E-state index contributed by atoms with van der Waals surface area (Å²) < 4.78 is 0. The minimum atomic E-state index is 0.266.